The monoisotopic (exact) mass is 541 g/mol. The maximum atomic E-state index is 12.5. The summed E-state index contributed by atoms with van der Waals surface area (Å²) < 4.78 is 10.8. The van der Waals surface area contributed by atoms with Crippen LogP contribution < -0.4 is 15.4 Å². The largest absolute Gasteiger partial charge is 0.496 e. The number of carbonyl (C=O) groups is 3. The molecule has 1 fully saturated rings. The molecule has 2 N–H and O–H groups in total. The maximum absolute atomic E-state index is 12.5. The van der Waals surface area contributed by atoms with Crippen molar-refractivity contribution in [1.29, 1.82) is 0 Å². The zero-order valence-electron chi connectivity index (χ0n) is 20.4. The Morgan fingerprint density at radius 2 is 1.86 bits per heavy atom. The first kappa shape index (κ1) is 26.7. The van der Waals surface area contributed by atoms with E-state index < -0.39 is 6.09 Å². The van der Waals surface area contributed by atoms with E-state index in [4.69, 9.17) is 21.1 Å². The molecule has 1 aliphatic rings. The molecular weight excluding hydrogens is 514 g/mol. The highest BCUT2D eigenvalue weighted by Gasteiger charge is 2.23. The van der Waals surface area contributed by atoms with Gasteiger partial charge >= 0.3 is 6.09 Å². The Hall–Kier alpha value is -3.40. The van der Waals surface area contributed by atoms with Crippen molar-refractivity contribution in [3.05, 3.63) is 64.5 Å². The lowest BCUT2D eigenvalue weighted by Crippen LogP contribution is -2.39. The average Bonchev–Trinajstić information content (AvgIpc) is 3.37. The Morgan fingerprint density at radius 1 is 1.11 bits per heavy atom. The summed E-state index contributed by atoms with van der Waals surface area (Å²) in [5.74, 6) is 0.154. The molecule has 0 atom stereocenters. The molecule has 0 bridgehead atoms. The smallest absolute Gasteiger partial charge is 0.411 e. The number of benzene rings is 2. The van der Waals surface area contributed by atoms with Crippen LogP contribution in [0, 0.1) is 0 Å². The SMILES string of the molecule is COc1cc(NC(=O)CCN2CCC(OC(=O)Nc3ccsc3-c3ccccc3)CC2)c(Cl)cc1C=O. The van der Waals surface area contributed by atoms with Gasteiger partial charge < -0.3 is 19.7 Å². The van der Waals surface area contributed by atoms with Gasteiger partial charge in [-0.05, 0) is 35.9 Å². The van der Waals surface area contributed by atoms with Gasteiger partial charge in [0.15, 0.2) is 6.29 Å². The quantitative estimate of drug-likeness (QED) is 0.326. The molecule has 2 heterocycles. The molecule has 194 valence electrons. The van der Waals surface area contributed by atoms with Crippen LogP contribution in [0.1, 0.15) is 29.6 Å². The van der Waals surface area contributed by atoms with Crippen molar-refractivity contribution in [2.24, 2.45) is 0 Å². The Labute approximate surface area is 224 Å². The topological polar surface area (TPSA) is 97.0 Å². The standard InChI is InChI=1S/C27H28ClN3O5S/c1-35-24-16-23(21(28)15-19(24)17-32)29-25(33)9-13-31-11-7-20(8-12-31)36-27(34)30-22-10-14-37-26(22)18-5-3-2-4-6-18/h2-6,10,14-17,20H,7-9,11-13H2,1H3,(H,29,33)(H,30,34). The maximum Gasteiger partial charge on any atom is 0.411 e. The van der Waals surface area contributed by atoms with Crippen molar-refractivity contribution >= 4 is 52.6 Å². The number of amides is 2. The molecule has 3 aromatic rings. The number of thiophene rings is 1. The molecule has 4 rings (SSSR count). The lowest BCUT2D eigenvalue weighted by atomic mass is 10.1. The molecule has 1 aromatic heterocycles. The molecule has 0 saturated carbocycles. The van der Waals surface area contributed by atoms with E-state index in [-0.39, 0.29) is 23.5 Å². The summed E-state index contributed by atoms with van der Waals surface area (Å²) in [6, 6.07) is 14.8. The van der Waals surface area contributed by atoms with E-state index in [9.17, 15) is 14.4 Å². The molecule has 2 amide bonds. The summed E-state index contributed by atoms with van der Waals surface area (Å²) in [4.78, 5) is 39.2. The Morgan fingerprint density at radius 3 is 2.57 bits per heavy atom. The fraction of sp³-hybridized carbons (Fsp3) is 0.296. The van der Waals surface area contributed by atoms with Crippen LogP contribution in [0.4, 0.5) is 16.2 Å². The summed E-state index contributed by atoms with van der Waals surface area (Å²) >= 11 is 7.75. The zero-order valence-corrected chi connectivity index (χ0v) is 21.9. The molecule has 37 heavy (non-hydrogen) atoms. The fourth-order valence-electron chi connectivity index (χ4n) is 4.17. The first-order valence-electron chi connectivity index (χ1n) is 11.9. The summed E-state index contributed by atoms with van der Waals surface area (Å²) in [6.07, 6.45) is 1.69. The van der Waals surface area contributed by atoms with E-state index in [0.717, 1.165) is 29.2 Å². The van der Waals surface area contributed by atoms with E-state index in [2.05, 4.69) is 15.5 Å². The van der Waals surface area contributed by atoms with Crippen molar-refractivity contribution in [2.75, 3.05) is 37.4 Å². The number of ether oxygens (including phenoxy) is 2. The van der Waals surface area contributed by atoms with Gasteiger partial charge in [0.1, 0.15) is 11.9 Å². The number of anilines is 2. The first-order valence-corrected chi connectivity index (χ1v) is 13.2. The second-order valence-electron chi connectivity index (χ2n) is 8.59. The third-order valence-corrected chi connectivity index (χ3v) is 7.40. The van der Waals surface area contributed by atoms with E-state index in [1.165, 1.54) is 19.2 Å². The number of methoxy groups -OCH3 is 1. The Kier molecular flexibility index (Phi) is 9.16. The number of halogens is 1. The summed E-state index contributed by atoms with van der Waals surface area (Å²) in [5.41, 5.74) is 2.50. The molecule has 8 nitrogen and oxygen atoms in total. The lowest BCUT2D eigenvalue weighted by Gasteiger charge is -2.31. The lowest BCUT2D eigenvalue weighted by molar-refractivity contribution is -0.116. The molecule has 1 aliphatic heterocycles. The van der Waals surface area contributed by atoms with E-state index in [0.29, 0.717) is 42.7 Å². The van der Waals surface area contributed by atoms with Gasteiger partial charge in [-0.25, -0.2) is 4.79 Å². The number of likely N-dealkylation sites (tertiary alicyclic amines) is 1. The Balaban J connectivity index is 1.20. The number of nitrogens with one attached hydrogen (secondary N) is 2. The van der Waals surface area contributed by atoms with Gasteiger partial charge in [0, 0.05) is 32.1 Å². The average molecular weight is 542 g/mol. The van der Waals surface area contributed by atoms with Gasteiger partial charge in [-0.15, -0.1) is 11.3 Å². The van der Waals surface area contributed by atoms with Crippen LogP contribution in [0.2, 0.25) is 5.02 Å². The molecule has 1 saturated heterocycles. The van der Waals surface area contributed by atoms with E-state index in [1.807, 2.05) is 41.8 Å². The molecule has 2 aromatic carbocycles. The van der Waals surface area contributed by atoms with Gasteiger partial charge in [-0.2, -0.15) is 0 Å². The number of nitrogens with zero attached hydrogens (tertiary/aromatic N) is 1. The number of hydrogen-bond acceptors (Lipinski definition) is 7. The van der Waals surface area contributed by atoms with Crippen LogP contribution >= 0.6 is 22.9 Å². The van der Waals surface area contributed by atoms with E-state index >= 15 is 0 Å². The second kappa shape index (κ2) is 12.7. The third-order valence-electron chi connectivity index (χ3n) is 6.12. The molecular formula is C27H28ClN3O5S. The van der Waals surface area contributed by atoms with Crippen LogP contribution in [0.5, 0.6) is 5.75 Å². The van der Waals surface area contributed by atoms with Gasteiger partial charge in [0.25, 0.3) is 0 Å². The van der Waals surface area contributed by atoms with Crippen LogP contribution in [0.3, 0.4) is 0 Å². The number of hydrogen-bond donors (Lipinski definition) is 2. The van der Waals surface area contributed by atoms with Crippen LogP contribution in [0.25, 0.3) is 10.4 Å². The summed E-state index contributed by atoms with van der Waals surface area (Å²) in [7, 11) is 1.45. The number of carbonyl (C=O) groups excluding carboxylic acids is 3. The van der Waals surface area contributed by atoms with Crippen molar-refractivity contribution < 1.29 is 23.9 Å². The number of rotatable bonds is 9. The molecule has 0 radical (unpaired) electrons. The predicted molar refractivity (Wildman–Crippen MR) is 146 cm³/mol. The van der Waals surface area contributed by atoms with Crippen LogP contribution in [-0.2, 0) is 9.53 Å². The second-order valence-corrected chi connectivity index (χ2v) is 9.91. The van der Waals surface area contributed by atoms with Gasteiger partial charge in [0.05, 0.1) is 33.9 Å². The third kappa shape index (κ3) is 7.09. The van der Waals surface area contributed by atoms with Crippen LogP contribution in [0.15, 0.2) is 53.9 Å². The number of piperidine rings is 1. The van der Waals surface area contributed by atoms with E-state index in [1.54, 1.807) is 11.3 Å². The van der Waals surface area contributed by atoms with Gasteiger partial charge in [0.2, 0.25) is 5.91 Å². The summed E-state index contributed by atoms with van der Waals surface area (Å²) in [6.45, 7) is 2.02. The van der Waals surface area contributed by atoms with Gasteiger partial charge in [-0.3, -0.25) is 14.9 Å². The molecule has 0 unspecified atom stereocenters. The van der Waals surface area contributed by atoms with Crippen molar-refractivity contribution in [2.45, 2.75) is 25.4 Å². The Bertz CT molecular complexity index is 1240. The minimum atomic E-state index is -0.457. The van der Waals surface area contributed by atoms with Crippen LogP contribution in [-0.4, -0.2) is 56.0 Å². The van der Waals surface area contributed by atoms with Crippen molar-refractivity contribution in [1.82, 2.24) is 4.90 Å². The highest BCUT2D eigenvalue weighted by Crippen LogP contribution is 2.34. The minimum absolute atomic E-state index is 0.175. The normalized spacial score (nSPS) is 14.1. The van der Waals surface area contributed by atoms with Gasteiger partial charge in [-0.1, -0.05) is 41.9 Å². The highest BCUT2D eigenvalue weighted by atomic mass is 35.5. The first-order chi connectivity index (χ1) is 18.0. The zero-order chi connectivity index (χ0) is 26.2. The molecule has 10 heteroatoms. The van der Waals surface area contributed by atoms with Crippen molar-refractivity contribution in [3.63, 3.8) is 0 Å². The van der Waals surface area contributed by atoms with Crippen molar-refractivity contribution in [3.8, 4) is 16.2 Å². The fourth-order valence-corrected chi connectivity index (χ4v) is 5.25. The summed E-state index contributed by atoms with van der Waals surface area (Å²) in [5, 5.41) is 7.86. The number of aldehydes is 1. The highest BCUT2D eigenvalue weighted by molar-refractivity contribution is 7.14. The molecule has 0 spiro atoms. The molecule has 0 aliphatic carbocycles. The predicted octanol–water partition coefficient (Wildman–Crippen LogP) is 5.93. The minimum Gasteiger partial charge on any atom is -0.496 e.